The molecule has 2 fully saturated rings. The predicted molar refractivity (Wildman–Crippen MR) is 180 cm³/mol. The molecule has 2 saturated heterocycles. The second-order valence-electron chi connectivity index (χ2n) is 10.8. The molecule has 1 unspecified atom stereocenters. The van der Waals surface area contributed by atoms with Gasteiger partial charge in [-0.15, -0.1) is 24.8 Å². The van der Waals surface area contributed by atoms with Crippen molar-refractivity contribution in [3.8, 4) is 0 Å². The first kappa shape index (κ1) is 33.1. The number of rotatable bonds is 11. The molecule has 1 atom stereocenters. The van der Waals surface area contributed by atoms with Crippen molar-refractivity contribution in [1.82, 2.24) is 19.6 Å². The maximum atomic E-state index is 2.73. The molecule has 0 aromatic heterocycles. The highest BCUT2D eigenvalue weighted by Crippen LogP contribution is 2.26. The van der Waals surface area contributed by atoms with Crippen molar-refractivity contribution < 1.29 is 0 Å². The van der Waals surface area contributed by atoms with E-state index in [4.69, 9.17) is 0 Å². The third-order valence-corrected chi connectivity index (χ3v) is 8.16. The first-order chi connectivity index (χ1) is 19.3. The minimum atomic E-state index is 0. The second-order valence-corrected chi connectivity index (χ2v) is 10.8. The van der Waals surface area contributed by atoms with Gasteiger partial charge in [-0.05, 0) is 23.1 Å². The molecule has 2 aliphatic heterocycles. The molecule has 0 radical (unpaired) electrons. The molecular formula is C35H46Cl2N4. The molecule has 6 heteroatoms. The normalized spacial score (nSPS) is 18.2. The highest BCUT2D eigenvalue weighted by atomic mass is 35.5. The molecule has 0 amide bonds. The minimum absolute atomic E-state index is 0. The van der Waals surface area contributed by atoms with Crippen molar-refractivity contribution in [3.63, 3.8) is 0 Å². The van der Waals surface area contributed by atoms with Crippen LogP contribution < -0.4 is 0 Å². The lowest BCUT2D eigenvalue weighted by molar-refractivity contribution is 0.0831. The molecule has 3 aromatic rings. The molecule has 0 bridgehead atoms. The standard InChI is InChI=1S/C35H44N4.2ClH/c1-4-12-32(13-5-1)16-10-21-36-24-26-38(27-25-36)23-20-35(34-18-8-3-9-19-34)39-30-28-37(29-31-39)22-11-17-33-14-6-2-7-15-33;;/h1-19,35H,20-31H2;2*1H/b16-10+,17-11+;;. The Bertz CT molecular complexity index is 1140. The zero-order valence-corrected chi connectivity index (χ0v) is 25.8. The van der Waals surface area contributed by atoms with Crippen molar-refractivity contribution in [2.24, 2.45) is 0 Å². The summed E-state index contributed by atoms with van der Waals surface area (Å²) in [6, 6.07) is 32.9. The minimum Gasteiger partial charge on any atom is -0.301 e. The van der Waals surface area contributed by atoms with Gasteiger partial charge in [0.25, 0.3) is 0 Å². The van der Waals surface area contributed by atoms with Crippen LogP contribution in [0.3, 0.4) is 0 Å². The summed E-state index contributed by atoms with van der Waals surface area (Å²) >= 11 is 0. The molecule has 4 nitrogen and oxygen atoms in total. The molecule has 0 N–H and O–H groups in total. The van der Waals surface area contributed by atoms with Crippen LogP contribution in [0.2, 0.25) is 0 Å². The lowest BCUT2D eigenvalue weighted by atomic mass is 10.0. The molecule has 41 heavy (non-hydrogen) atoms. The van der Waals surface area contributed by atoms with Crippen molar-refractivity contribution >= 4 is 37.0 Å². The fraction of sp³-hybridized carbons (Fsp3) is 0.371. The van der Waals surface area contributed by atoms with Crippen molar-refractivity contribution in [2.45, 2.75) is 12.5 Å². The van der Waals surface area contributed by atoms with Crippen molar-refractivity contribution in [2.75, 3.05) is 72.0 Å². The van der Waals surface area contributed by atoms with E-state index < -0.39 is 0 Å². The predicted octanol–water partition coefficient (Wildman–Crippen LogP) is 6.62. The van der Waals surface area contributed by atoms with Crippen molar-refractivity contribution in [1.29, 1.82) is 0 Å². The molecule has 2 aliphatic rings. The quantitative estimate of drug-likeness (QED) is 0.248. The SMILES string of the molecule is C(=C\c1ccccc1)/CN1CCN(CCC(c2ccccc2)N2CCN(C/C=C/c3ccccc3)CC2)CC1.Cl.Cl. The Balaban J connectivity index is 0.00000231. The molecule has 0 aliphatic carbocycles. The number of piperazine rings is 2. The van der Waals surface area contributed by atoms with Gasteiger partial charge in [-0.25, -0.2) is 0 Å². The number of halogens is 2. The molecule has 0 saturated carbocycles. The van der Waals surface area contributed by atoms with Crippen LogP contribution >= 0.6 is 24.8 Å². The summed E-state index contributed by atoms with van der Waals surface area (Å²) in [5.74, 6) is 0. The van der Waals surface area contributed by atoms with E-state index >= 15 is 0 Å². The Morgan fingerprint density at radius 1 is 0.512 bits per heavy atom. The highest BCUT2D eigenvalue weighted by Gasteiger charge is 2.26. The lowest BCUT2D eigenvalue weighted by Crippen LogP contribution is -2.49. The molecule has 3 aromatic carbocycles. The molecule has 0 spiro atoms. The van der Waals surface area contributed by atoms with E-state index in [-0.39, 0.29) is 24.8 Å². The van der Waals surface area contributed by atoms with Gasteiger partial charge in [-0.2, -0.15) is 0 Å². The number of nitrogens with zero attached hydrogens (tertiary/aromatic N) is 4. The fourth-order valence-electron chi connectivity index (χ4n) is 5.80. The van der Waals surface area contributed by atoms with Gasteiger partial charge in [0.05, 0.1) is 0 Å². The second kappa shape index (κ2) is 18.2. The van der Waals surface area contributed by atoms with E-state index in [0.717, 1.165) is 52.4 Å². The lowest BCUT2D eigenvalue weighted by Gasteiger charge is -2.41. The zero-order valence-electron chi connectivity index (χ0n) is 24.1. The summed E-state index contributed by atoms with van der Waals surface area (Å²) < 4.78 is 0. The average Bonchev–Trinajstić information content (AvgIpc) is 3.00. The smallest absolute Gasteiger partial charge is 0.0361 e. The van der Waals surface area contributed by atoms with Crippen LogP contribution in [0.1, 0.15) is 29.2 Å². The fourth-order valence-corrected chi connectivity index (χ4v) is 5.80. The van der Waals surface area contributed by atoms with Crippen LogP contribution in [0, 0.1) is 0 Å². The topological polar surface area (TPSA) is 13.0 Å². The third kappa shape index (κ3) is 10.7. The summed E-state index contributed by atoms with van der Waals surface area (Å²) in [5.41, 5.74) is 4.04. The Morgan fingerprint density at radius 3 is 1.41 bits per heavy atom. The van der Waals surface area contributed by atoms with Gasteiger partial charge in [-0.3, -0.25) is 14.7 Å². The van der Waals surface area contributed by atoms with Gasteiger partial charge < -0.3 is 4.90 Å². The van der Waals surface area contributed by atoms with E-state index in [1.807, 2.05) is 0 Å². The van der Waals surface area contributed by atoms with Gasteiger partial charge in [0.1, 0.15) is 0 Å². The Labute approximate surface area is 260 Å². The monoisotopic (exact) mass is 592 g/mol. The number of benzene rings is 3. The maximum Gasteiger partial charge on any atom is 0.0361 e. The number of hydrogen-bond donors (Lipinski definition) is 0. The first-order valence-electron chi connectivity index (χ1n) is 14.7. The third-order valence-electron chi connectivity index (χ3n) is 8.16. The van der Waals surface area contributed by atoms with Crippen LogP contribution in [0.5, 0.6) is 0 Å². The van der Waals surface area contributed by atoms with E-state index in [0.29, 0.717) is 6.04 Å². The molecule has 220 valence electrons. The zero-order chi connectivity index (χ0) is 26.5. The van der Waals surface area contributed by atoms with E-state index in [9.17, 15) is 0 Å². The van der Waals surface area contributed by atoms with Gasteiger partial charge in [0.2, 0.25) is 0 Å². The van der Waals surface area contributed by atoms with E-state index in [2.05, 4.69) is 135 Å². The van der Waals surface area contributed by atoms with Gasteiger partial charge in [0.15, 0.2) is 0 Å². The van der Waals surface area contributed by atoms with Gasteiger partial charge >= 0.3 is 0 Å². The highest BCUT2D eigenvalue weighted by molar-refractivity contribution is 5.85. The molecule has 5 rings (SSSR count). The Morgan fingerprint density at radius 2 is 0.927 bits per heavy atom. The van der Waals surface area contributed by atoms with Crippen LogP contribution in [-0.2, 0) is 0 Å². The molecular weight excluding hydrogens is 547 g/mol. The van der Waals surface area contributed by atoms with Crippen molar-refractivity contribution in [3.05, 3.63) is 120 Å². The summed E-state index contributed by atoms with van der Waals surface area (Å²) in [6.07, 6.45) is 10.3. The van der Waals surface area contributed by atoms with Crippen LogP contribution in [-0.4, -0.2) is 91.6 Å². The molecule has 2 heterocycles. The van der Waals surface area contributed by atoms with Gasteiger partial charge in [-0.1, -0.05) is 115 Å². The van der Waals surface area contributed by atoms with Crippen LogP contribution in [0.25, 0.3) is 12.2 Å². The van der Waals surface area contributed by atoms with Crippen LogP contribution in [0.15, 0.2) is 103 Å². The number of hydrogen-bond acceptors (Lipinski definition) is 4. The van der Waals surface area contributed by atoms with Gasteiger partial charge in [0, 0.05) is 78.0 Å². The largest absolute Gasteiger partial charge is 0.301 e. The maximum absolute atomic E-state index is 2.73. The van der Waals surface area contributed by atoms with E-state index in [1.54, 1.807) is 0 Å². The summed E-state index contributed by atoms with van der Waals surface area (Å²) in [6.45, 7) is 12.5. The average molecular weight is 594 g/mol. The Hall–Kier alpha value is -2.44. The summed E-state index contributed by atoms with van der Waals surface area (Å²) in [7, 11) is 0. The van der Waals surface area contributed by atoms with E-state index in [1.165, 1.54) is 42.7 Å². The summed E-state index contributed by atoms with van der Waals surface area (Å²) in [5, 5.41) is 0. The Kier molecular flexibility index (Phi) is 14.7. The van der Waals surface area contributed by atoms with Crippen LogP contribution in [0.4, 0.5) is 0 Å². The summed E-state index contributed by atoms with van der Waals surface area (Å²) in [4.78, 5) is 10.6. The first-order valence-corrected chi connectivity index (χ1v) is 14.7.